The Morgan fingerprint density at radius 2 is 1.83 bits per heavy atom. The van der Waals surface area contributed by atoms with Gasteiger partial charge in [-0.15, -0.1) is 0 Å². The Labute approximate surface area is 147 Å². The van der Waals surface area contributed by atoms with Gasteiger partial charge < -0.3 is 10.1 Å². The van der Waals surface area contributed by atoms with Gasteiger partial charge >= 0.3 is 0 Å². The van der Waals surface area contributed by atoms with Gasteiger partial charge in [0.1, 0.15) is 5.75 Å². The number of hydrogen-bond acceptors (Lipinski definition) is 2. The second-order valence-electron chi connectivity index (χ2n) is 7.58. The quantitative estimate of drug-likeness (QED) is 0.668. The molecule has 0 saturated heterocycles. The molecule has 1 saturated carbocycles. The topological polar surface area (TPSA) is 38.3 Å². The standard InChI is InChI=1S/C21H33NO2/c1-4-5-6-17-7-9-18(10-8-17)21(23)22-19-11-13-20(14-12-19)24-15-16(2)3/h11-14,16-18H,4-10,15H2,1-3H3,(H,22,23). The lowest BCUT2D eigenvalue weighted by atomic mass is 9.79. The smallest absolute Gasteiger partial charge is 0.227 e. The van der Waals surface area contributed by atoms with E-state index in [1.807, 2.05) is 24.3 Å². The fraction of sp³-hybridized carbons (Fsp3) is 0.667. The largest absolute Gasteiger partial charge is 0.493 e. The van der Waals surface area contributed by atoms with Crippen molar-refractivity contribution >= 4 is 11.6 Å². The first-order chi connectivity index (χ1) is 11.6. The van der Waals surface area contributed by atoms with Gasteiger partial charge in [0.2, 0.25) is 5.91 Å². The van der Waals surface area contributed by atoms with E-state index >= 15 is 0 Å². The van der Waals surface area contributed by atoms with Crippen molar-refractivity contribution in [1.82, 2.24) is 0 Å². The summed E-state index contributed by atoms with van der Waals surface area (Å²) in [5.74, 6) is 2.57. The summed E-state index contributed by atoms with van der Waals surface area (Å²) in [6.45, 7) is 7.22. The number of rotatable bonds is 8. The lowest BCUT2D eigenvalue weighted by Crippen LogP contribution is -2.27. The van der Waals surface area contributed by atoms with Crippen molar-refractivity contribution in [2.45, 2.75) is 65.7 Å². The number of benzene rings is 1. The number of unbranched alkanes of at least 4 members (excludes halogenated alkanes) is 1. The molecule has 0 atom stereocenters. The van der Waals surface area contributed by atoms with Gasteiger partial charge in [-0.2, -0.15) is 0 Å². The first-order valence-corrected chi connectivity index (χ1v) is 9.62. The van der Waals surface area contributed by atoms with Crippen LogP contribution in [0.5, 0.6) is 5.75 Å². The van der Waals surface area contributed by atoms with Crippen molar-refractivity contribution in [3.05, 3.63) is 24.3 Å². The van der Waals surface area contributed by atoms with Gasteiger partial charge in [0.05, 0.1) is 6.61 Å². The molecule has 0 aromatic heterocycles. The van der Waals surface area contributed by atoms with Gasteiger partial charge in [-0.3, -0.25) is 4.79 Å². The van der Waals surface area contributed by atoms with Crippen LogP contribution in [0.25, 0.3) is 0 Å². The van der Waals surface area contributed by atoms with Crippen LogP contribution in [0.15, 0.2) is 24.3 Å². The number of carbonyl (C=O) groups is 1. The van der Waals surface area contributed by atoms with Crippen LogP contribution in [0.3, 0.4) is 0 Å². The van der Waals surface area contributed by atoms with Gasteiger partial charge in [-0.05, 0) is 61.8 Å². The summed E-state index contributed by atoms with van der Waals surface area (Å²) in [6.07, 6.45) is 8.43. The maximum atomic E-state index is 12.4. The number of anilines is 1. The Bertz CT molecular complexity index is 487. The average molecular weight is 332 g/mol. The second-order valence-corrected chi connectivity index (χ2v) is 7.58. The van der Waals surface area contributed by atoms with Gasteiger partial charge in [0.25, 0.3) is 0 Å². The molecule has 1 aliphatic carbocycles. The lowest BCUT2D eigenvalue weighted by Gasteiger charge is -2.27. The Kier molecular flexibility index (Phi) is 7.61. The maximum Gasteiger partial charge on any atom is 0.227 e. The zero-order valence-electron chi connectivity index (χ0n) is 15.5. The van der Waals surface area contributed by atoms with E-state index in [0.29, 0.717) is 12.5 Å². The lowest BCUT2D eigenvalue weighted by molar-refractivity contribution is -0.121. The zero-order chi connectivity index (χ0) is 17.4. The molecule has 24 heavy (non-hydrogen) atoms. The van der Waals surface area contributed by atoms with E-state index < -0.39 is 0 Å². The summed E-state index contributed by atoms with van der Waals surface area (Å²) in [4.78, 5) is 12.4. The van der Waals surface area contributed by atoms with Crippen LogP contribution in [-0.4, -0.2) is 12.5 Å². The van der Waals surface area contributed by atoms with E-state index in [9.17, 15) is 4.79 Å². The van der Waals surface area contributed by atoms with Crippen molar-refractivity contribution in [1.29, 1.82) is 0 Å². The van der Waals surface area contributed by atoms with Crippen molar-refractivity contribution in [2.24, 2.45) is 17.8 Å². The molecule has 134 valence electrons. The molecular formula is C21H33NO2. The first kappa shape index (κ1) is 18.8. The van der Waals surface area contributed by atoms with Crippen LogP contribution in [0.1, 0.15) is 65.7 Å². The highest BCUT2D eigenvalue weighted by atomic mass is 16.5. The molecule has 0 bridgehead atoms. The summed E-state index contributed by atoms with van der Waals surface area (Å²) >= 11 is 0. The Morgan fingerprint density at radius 3 is 2.42 bits per heavy atom. The molecule has 1 aromatic carbocycles. The highest BCUT2D eigenvalue weighted by Crippen LogP contribution is 2.32. The van der Waals surface area contributed by atoms with Crippen LogP contribution in [0, 0.1) is 17.8 Å². The summed E-state index contributed by atoms with van der Waals surface area (Å²) in [7, 11) is 0. The van der Waals surface area contributed by atoms with E-state index in [4.69, 9.17) is 4.74 Å². The normalized spacial score (nSPS) is 20.8. The number of ether oxygens (including phenoxy) is 1. The number of hydrogen-bond donors (Lipinski definition) is 1. The summed E-state index contributed by atoms with van der Waals surface area (Å²) in [6, 6.07) is 7.72. The van der Waals surface area contributed by atoms with E-state index in [2.05, 4.69) is 26.1 Å². The van der Waals surface area contributed by atoms with E-state index in [0.717, 1.165) is 30.2 Å². The van der Waals surface area contributed by atoms with Crippen LogP contribution in [0.2, 0.25) is 0 Å². The average Bonchev–Trinajstić information content (AvgIpc) is 2.59. The molecule has 1 N–H and O–H groups in total. The Balaban J connectivity index is 1.76. The number of nitrogens with one attached hydrogen (secondary N) is 1. The molecule has 3 nitrogen and oxygen atoms in total. The van der Waals surface area contributed by atoms with Crippen molar-refractivity contribution in [2.75, 3.05) is 11.9 Å². The third-order valence-electron chi connectivity index (χ3n) is 4.89. The van der Waals surface area contributed by atoms with Crippen LogP contribution < -0.4 is 10.1 Å². The van der Waals surface area contributed by atoms with Crippen molar-refractivity contribution < 1.29 is 9.53 Å². The molecule has 0 heterocycles. The minimum Gasteiger partial charge on any atom is -0.493 e. The maximum absolute atomic E-state index is 12.4. The van der Waals surface area contributed by atoms with Crippen molar-refractivity contribution in [3.8, 4) is 5.75 Å². The fourth-order valence-electron chi connectivity index (χ4n) is 3.35. The minimum absolute atomic E-state index is 0.180. The third kappa shape index (κ3) is 6.18. The molecule has 0 spiro atoms. The molecule has 3 heteroatoms. The predicted octanol–water partition coefficient (Wildman–Crippen LogP) is 5.66. The predicted molar refractivity (Wildman–Crippen MR) is 100 cm³/mol. The van der Waals surface area contributed by atoms with Gasteiger partial charge in [0.15, 0.2) is 0 Å². The minimum atomic E-state index is 0.180. The van der Waals surface area contributed by atoms with Crippen LogP contribution in [-0.2, 0) is 4.79 Å². The van der Waals surface area contributed by atoms with Crippen LogP contribution >= 0.6 is 0 Å². The first-order valence-electron chi connectivity index (χ1n) is 9.62. The van der Waals surface area contributed by atoms with E-state index in [-0.39, 0.29) is 11.8 Å². The molecule has 1 amide bonds. The van der Waals surface area contributed by atoms with Crippen molar-refractivity contribution in [3.63, 3.8) is 0 Å². The molecule has 1 aliphatic rings. The molecule has 0 unspecified atom stereocenters. The van der Waals surface area contributed by atoms with Gasteiger partial charge in [-0.25, -0.2) is 0 Å². The molecule has 0 aliphatic heterocycles. The highest BCUT2D eigenvalue weighted by Gasteiger charge is 2.25. The Hall–Kier alpha value is -1.51. The van der Waals surface area contributed by atoms with Crippen LogP contribution in [0.4, 0.5) is 5.69 Å². The second kappa shape index (κ2) is 9.71. The Morgan fingerprint density at radius 1 is 1.17 bits per heavy atom. The molecule has 1 aromatic rings. The molecule has 0 radical (unpaired) electrons. The summed E-state index contributed by atoms with van der Waals surface area (Å²) in [5.41, 5.74) is 0.866. The summed E-state index contributed by atoms with van der Waals surface area (Å²) < 4.78 is 5.67. The monoisotopic (exact) mass is 331 g/mol. The number of amides is 1. The SMILES string of the molecule is CCCCC1CCC(C(=O)Nc2ccc(OCC(C)C)cc2)CC1. The molecule has 1 fully saturated rings. The summed E-state index contributed by atoms with van der Waals surface area (Å²) in [5, 5.41) is 3.07. The van der Waals surface area contributed by atoms with E-state index in [1.54, 1.807) is 0 Å². The number of carbonyl (C=O) groups excluding carboxylic acids is 1. The van der Waals surface area contributed by atoms with Gasteiger partial charge in [-0.1, -0.05) is 40.0 Å². The third-order valence-corrected chi connectivity index (χ3v) is 4.89. The molecule has 2 rings (SSSR count). The highest BCUT2D eigenvalue weighted by molar-refractivity contribution is 5.92. The zero-order valence-corrected chi connectivity index (χ0v) is 15.5. The molecular weight excluding hydrogens is 298 g/mol. The van der Waals surface area contributed by atoms with Gasteiger partial charge in [0, 0.05) is 11.6 Å². The fourth-order valence-corrected chi connectivity index (χ4v) is 3.35. The van der Waals surface area contributed by atoms with E-state index in [1.165, 1.54) is 32.1 Å².